The second-order valence-electron chi connectivity index (χ2n) is 4.17. The highest BCUT2D eigenvalue weighted by Crippen LogP contribution is 2.09. The summed E-state index contributed by atoms with van der Waals surface area (Å²) in [6, 6.07) is 9.81. The van der Waals surface area contributed by atoms with Gasteiger partial charge in [0, 0.05) is 5.92 Å². The molecular weight excluding hydrogens is 204 g/mol. The summed E-state index contributed by atoms with van der Waals surface area (Å²) in [5, 5.41) is 19.0. The molecule has 0 bridgehead atoms. The molecule has 0 fully saturated rings. The van der Waals surface area contributed by atoms with Gasteiger partial charge in [0.25, 0.3) is 0 Å². The molecule has 3 heteroatoms. The number of aliphatic hydroxyl groups excluding tert-OH is 2. The van der Waals surface area contributed by atoms with Crippen LogP contribution in [-0.4, -0.2) is 29.0 Å². The van der Waals surface area contributed by atoms with Crippen molar-refractivity contribution < 1.29 is 14.9 Å². The van der Waals surface area contributed by atoms with E-state index in [1.54, 1.807) is 13.8 Å². The topological polar surface area (TPSA) is 49.7 Å². The molecule has 90 valence electrons. The van der Waals surface area contributed by atoms with Gasteiger partial charge in [0.15, 0.2) is 0 Å². The largest absolute Gasteiger partial charge is 0.393 e. The van der Waals surface area contributed by atoms with Crippen molar-refractivity contribution in [2.75, 3.05) is 6.61 Å². The smallest absolute Gasteiger partial charge is 0.0823 e. The summed E-state index contributed by atoms with van der Waals surface area (Å²) in [6.07, 6.45) is -1.14. The average Bonchev–Trinajstić information content (AvgIpc) is 2.29. The van der Waals surface area contributed by atoms with Gasteiger partial charge in [-0.05, 0) is 12.5 Å². The number of hydrogen-bond donors (Lipinski definition) is 2. The van der Waals surface area contributed by atoms with E-state index in [1.807, 2.05) is 30.3 Å². The normalized spacial score (nSPS) is 16.8. The van der Waals surface area contributed by atoms with Crippen LogP contribution >= 0.6 is 0 Å². The first-order chi connectivity index (χ1) is 7.61. The van der Waals surface area contributed by atoms with E-state index >= 15 is 0 Å². The molecule has 0 aromatic heterocycles. The van der Waals surface area contributed by atoms with Gasteiger partial charge in [0.2, 0.25) is 0 Å². The van der Waals surface area contributed by atoms with Gasteiger partial charge in [-0.1, -0.05) is 37.3 Å². The Bertz CT molecular complexity index is 284. The fraction of sp³-hybridized carbons (Fsp3) is 0.538. The Morgan fingerprint density at radius 3 is 2.31 bits per heavy atom. The Hall–Kier alpha value is -0.900. The van der Waals surface area contributed by atoms with Crippen molar-refractivity contribution in [1.29, 1.82) is 0 Å². The van der Waals surface area contributed by atoms with Crippen LogP contribution < -0.4 is 0 Å². The van der Waals surface area contributed by atoms with Crippen molar-refractivity contribution in [1.82, 2.24) is 0 Å². The standard InChI is InChI=1S/C13H20O3/c1-10(11(2)14)13(15)9-16-8-12-6-4-3-5-7-12/h3-7,10-11,13-15H,8-9H2,1-2H3/t10-,11-,13+/m1/s1. The first kappa shape index (κ1) is 13.2. The van der Waals surface area contributed by atoms with Gasteiger partial charge in [-0.25, -0.2) is 0 Å². The predicted octanol–water partition coefficient (Wildman–Crippen LogP) is 1.58. The molecule has 0 saturated heterocycles. The van der Waals surface area contributed by atoms with Gasteiger partial charge >= 0.3 is 0 Å². The minimum absolute atomic E-state index is 0.171. The maximum atomic E-state index is 9.68. The Kier molecular flexibility index (Phi) is 5.46. The van der Waals surface area contributed by atoms with Crippen LogP contribution in [0.25, 0.3) is 0 Å². The van der Waals surface area contributed by atoms with E-state index in [4.69, 9.17) is 4.74 Å². The van der Waals surface area contributed by atoms with Crippen LogP contribution in [0.2, 0.25) is 0 Å². The van der Waals surface area contributed by atoms with Gasteiger partial charge in [-0.3, -0.25) is 0 Å². The second-order valence-corrected chi connectivity index (χ2v) is 4.17. The fourth-order valence-electron chi connectivity index (χ4n) is 1.35. The summed E-state index contributed by atoms with van der Waals surface area (Å²) in [5.41, 5.74) is 1.08. The molecule has 3 atom stereocenters. The lowest BCUT2D eigenvalue weighted by Gasteiger charge is -2.21. The predicted molar refractivity (Wildman–Crippen MR) is 62.9 cm³/mol. The third-order valence-corrected chi connectivity index (χ3v) is 2.77. The van der Waals surface area contributed by atoms with Gasteiger partial charge in [0.05, 0.1) is 25.4 Å². The van der Waals surface area contributed by atoms with Gasteiger partial charge < -0.3 is 14.9 Å². The Morgan fingerprint density at radius 2 is 1.75 bits per heavy atom. The highest BCUT2D eigenvalue weighted by Gasteiger charge is 2.18. The molecule has 3 nitrogen and oxygen atoms in total. The minimum atomic E-state index is -0.622. The molecule has 16 heavy (non-hydrogen) atoms. The van der Waals surface area contributed by atoms with Crippen LogP contribution in [0.4, 0.5) is 0 Å². The van der Waals surface area contributed by atoms with E-state index in [2.05, 4.69) is 0 Å². The van der Waals surface area contributed by atoms with E-state index < -0.39 is 12.2 Å². The summed E-state index contributed by atoms with van der Waals surface area (Å²) in [7, 11) is 0. The maximum absolute atomic E-state index is 9.68. The van der Waals surface area contributed by atoms with Crippen molar-refractivity contribution in [3.8, 4) is 0 Å². The minimum Gasteiger partial charge on any atom is -0.393 e. The van der Waals surface area contributed by atoms with E-state index in [9.17, 15) is 10.2 Å². The lowest BCUT2D eigenvalue weighted by atomic mass is 10.0. The summed E-state index contributed by atoms with van der Waals surface area (Å²) in [6.45, 7) is 4.22. The highest BCUT2D eigenvalue weighted by molar-refractivity contribution is 5.13. The van der Waals surface area contributed by atoms with Crippen LogP contribution in [0, 0.1) is 5.92 Å². The highest BCUT2D eigenvalue weighted by atomic mass is 16.5. The van der Waals surface area contributed by atoms with E-state index in [-0.39, 0.29) is 12.5 Å². The lowest BCUT2D eigenvalue weighted by molar-refractivity contribution is -0.0307. The molecule has 0 amide bonds. The van der Waals surface area contributed by atoms with Crippen LogP contribution in [0.5, 0.6) is 0 Å². The van der Waals surface area contributed by atoms with Crippen molar-refractivity contribution in [2.45, 2.75) is 32.7 Å². The number of benzene rings is 1. The SMILES string of the molecule is C[C@H]([C@@H](C)O)[C@@H](O)COCc1ccccc1. The molecule has 0 aliphatic rings. The molecule has 1 rings (SSSR count). The third kappa shape index (κ3) is 4.31. The zero-order valence-electron chi connectivity index (χ0n) is 9.84. The molecule has 0 spiro atoms. The maximum Gasteiger partial charge on any atom is 0.0823 e. The van der Waals surface area contributed by atoms with Crippen LogP contribution in [0.15, 0.2) is 30.3 Å². The van der Waals surface area contributed by atoms with Crippen LogP contribution in [0.3, 0.4) is 0 Å². The zero-order chi connectivity index (χ0) is 12.0. The molecule has 1 aromatic carbocycles. The van der Waals surface area contributed by atoms with Crippen molar-refractivity contribution >= 4 is 0 Å². The number of ether oxygens (including phenoxy) is 1. The lowest BCUT2D eigenvalue weighted by Crippen LogP contribution is -2.31. The summed E-state index contributed by atoms with van der Waals surface area (Å²) < 4.78 is 5.39. The molecule has 0 saturated carbocycles. The van der Waals surface area contributed by atoms with E-state index in [0.29, 0.717) is 6.61 Å². The summed E-state index contributed by atoms with van der Waals surface area (Å²) in [5.74, 6) is -0.171. The second kappa shape index (κ2) is 6.63. The first-order valence-corrected chi connectivity index (χ1v) is 5.59. The molecule has 0 aliphatic heterocycles. The average molecular weight is 224 g/mol. The molecule has 0 aliphatic carbocycles. The molecule has 0 unspecified atom stereocenters. The number of rotatable bonds is 6. The monoisotopic (exact) mass is 224 g/mol. The Balaban J connectivity index is 2.25. The van der Waals surface area contributed by atoms with Crippen LogP contribution in [-0.2, 0) is 11.3 Å². The summed E-state index contributed by atoms with van der Waals surface area (Å²) >= 11 is 0. The van der Waals surface area contributed by atoms with Crippen LogP contribution in [0.1, 0.15) is 19.4 Å². The van der Waals surface area contributed by atoms with Gasteiger partial charge in [-0.15, -0.1) is 0 Å². The summed E-state index contributed by atoms with van der Waals surface area (Å²) in [4.78, 5) is 0. The van der Waals surface area contributed by atoms with Gasteiger partial charge in [0.1, 0.15) is 0 Å². The quantitative estimate of drug-likeness (QED) is 0.771. The first-order valence-electron chi connectivity index (χ1n) is 5.59. The molecule has 0 heterocycles. The Morgan fingerprint density at radius 1 is 1.12 bits per heavy atom. The number of hydrogen-bond acceptors (Lipinski definition) is 3. The Labute approximate surface area is 96.7 Å². The van der Waals surface area contributed by atoms with Crippen molar-refractivity contribution in [3.05, 3.63) is 35.9 Å². The van der Waals surface area contributed by atoms with Crippen molar-refractivity contribution in [2.24, 2.45) is 5.92 Å². The van der Waals surface area contributed by atoms with Crippen molar-refractivity contribution in [3.63, 3.8) is 0 Å². The van der Waals surface area contributed by atoms with E-state index in [0.717, 1.165) is 5.56 Å². The fourth-order valence-corrected chi connectivity index (χ4v) is 1.35. The van der Waals surface area contributed by atoms with E-state index in [1.165, 1.54) is 0 Å². The molecule has 0 radical (unpaired) electrons. The third-order valence-electron chi connectivity index (χ3n) is 2.77. The molecule has 1 aromatic rings. The molecule has 2 N–H and O–H groups in total. The zero-order valence-corrected chi connectivity index (χ0v) is 9.84. The van der Waals surface area contributed by atoms with Gasteiger partial charge in [-0.2, -0.15) is 0 Å². The number of aliphatic hydroxyl groups is 2. The molecular formula is C13H20O3.